The molecule has 1 saturated heterocycles. The van der Waals surface area contributed by atoms with Crippen LogP contribution in [-0.2, 0) is 4.79 Å². The molecule has 1 aliphatic rings. The summed E-state index contributed by atoms with van der Waals surface area (Å²) >= 11 is 0. The van der Waals surface area contributed by atoms with E-state index in [2.05, 4.69) is 39.3 Å². The third kappa shape index (κ3) is 4.07. The number of nitrogens with one attached hydrogen (secondary N) is 2. The first kappa shape index (κ1) is 24.8. The fraction of sp³-hybridized carbons (Fsp3) is 0.152. The van der Waals surface area contributed by atoms with E-state index < -0.39 is 5.91 Å². The summed E-state index contributed by atoms with van der Waals surface area (Å²) in [6.45, 7) is 4.83. The van der Waals surface area contributed by atoms with Gasteiger partial charge in [-0.2, -0.15) is 0 Å². The highest BCUT2D eigenvalue weighted by Gasteiger charge is 2.23. The van der Waals surface area contributed by atoms with Gasteiger partial charge in [0, 0.05) is 46.0 Å². The summed E-state index contributed by atoms with van der Waals surface area (Å²) in [7, 11) is 0. The van der Waals surface area contributed by atoms with E-state index in [9.17, 15) is 9.59 Å². The molecule has 202 valence electrons. The van der Waals surface area contributed by atoms with Crippen molar-refractivity contribution in [3.63, 3.8) is 0 Å². The van der Waals surface area contributed by atoms with Gasteiger partial charge < -0.3 is 20.9 Å². The number of carbonyl (C=O) groups excluding carboxylic acids is 2. The SMILES string of the molecule is Cc1ccc2c(Nc3cccc(-c4ccc(C(N)=O)c5[nH]c6cc(N7CCCC7=O)ccc6c45)c3C)ncnc2c1. The predicted molar refractivity (Wildman–Crippen MR) is 164 cm³/mol. The summed E-state index contributed by atoms with van der Waals surface area (Å²) in [5.41, 5.74) is 14.6. The van der Waals surface area contributed by atoms with Gasteiger partial charge in [0.2, 0.25) is 5.91 Å². The van der Waals surface area contributed by atoms with Crippen molar-refractivity contribution in [1.29, 1.82) is 0 Å². The van der Waals surface area contributed by atoms with Gasteiger partial charge in [-0.25, -0.2) is 9.97 Å². The first-order valence-electron chi connectivity index (χ1n) is 13.7. The molecule has 7 rings (SSSR count). The lowest BCUT2D eigenvalue weighted by Crippen LogP contribution is -2.23. The summed E-state index contributed by atoms with van der Waals surface area (Å²) in [6.07, 6.45) is 2.99. The van der Waals surface area contributed by atoms with E-state index in [0.29, 0.717) is 24.0 Å². The van der Waals surface area contributed by atoms with E-state index in [1.165, 1.54) is 0 Å². The van der Waals surface area contributed by atoms with Crippen LogP contribution in [0.5, 0.6) is 0 Å². The Balaban J connectivity index is 1.38. The summed E-state index contributed by atoms with van der Waals surface area (Å²) in [4.78, 5) is 39.1. The van der Waals surface area contributed by atoms with Crippen molar-refractivity contribution in [2.24, 2.45) is 5.73 Å². The summed E-state index contributed by atoms with van der Waals surface area (Å²) < 4.78 is 0. The number of nitrogens with two attached hydrogens (primary N) is 1. The molecular weight excluding hydrogens is 512 g/mol. The van der Waals surface area contributed by atoms with Crippen LogP contribution < -0.4 is 16.0 Å². The van der Waals surface area contributed by atoms with Crippen molar-refractivity contribution in [3.05, 3.63) is 89.7 Å². The first-order chi connectivity index (χ1) is 19.9. The molecule has 0 saturated carbocycles. The van der Waals surface area contributed by atoms with Gasteiger partial charge in [-0.15, -0.1) is 0 Å². The summed E-state index contributed by atoms with van der Waals surface area (Å²) in [6, 6.07) is 22.0. The molecule has 4 aromatic carbocycles. The van der Waals surface area contributed by atoms with Crippen LogP contribution in [0.15, 0.2) is 73.1 Å². The molecule has 6 aromatic rings. The third-order valence-corrected chi connectivity index (χ3v) is 8.06. The number of aromatic nitrogens is 3. The molecule has 0 bridgehead atoms. The predicted octanol–water partition coefficient (Wildman–Crippen LogP) is 6.52. The zero-order chi connectivity index (χ0) is 28.2. The molecule has 0 atom stereocenters. The fourth-order valence-electron chi connectivity index (χ4n) is 5.98. The number of aryl methyl sites for hydroxylation is 1. The van der Waals surface area contributed by atoms with Gasteiger partial charge in [-0.1, -0.05) is 30.3 Å². The van der Waals surface area contributed by atoms with Crippen LogP contribution in [0, 0.1) is 13.8 Å². The number of anilines is 3. The molecule has 2 amide bonds. The average molecular weight is 541 g/mol. The van der Waals surface area contributed by atoms with Gasteiger partial charge in [0.1, 0.15) is 12.1 Å². The highest BCUT2D eigenvalue weighted by atomic mass is 16.2. The largest absolute Gasteiger partial charge is 0.366 e. The molecule has 0 aliphatic carbocycles. The topological polar surface area (TPSA) is 117 Å². The Morgan fingerprint density at radius 3 is 2.63 bits per heavy atom. The molecule has 4 N–H and O–H groups in total. The Bertz CT molecular complexity index is 2040. The number of hydrogen-bond acceptors (Lipinski definition) is 5. The minimum absolute atomic E-state index is 0.130. The molecular formula is C33H28N6O2. The lowest BCUT2D eigenvalue weighted by Gasteiger charge is -2.16. The van der Waals surface area contributed by atoms with E-state index >= 15 is 0 Å². The van der Waals surface area contributed by atoms with E-state index in [-0.39, 0.29) is 5.91 Å². The normalized spacial score (nSPS) is 13.5. The maximum absolute atomic E-state index is 12.4. The number of primary amides is 1. The van der Waals surface area contributed by atoms with Gasteiger partial charge in [0.25, 0.3) is 5.91 Å². The first-order valence-corrected chi connectivity index (χ1v) is 13.7. The molecule has 1 aliphatic heterocycles. The van der Waals surface area contributed by atoms with Crippen molar-refractivity contribution in [2.75, 3.05) is 16.8 Å². The molecule has 0 radical (unpaired) electrons. The van der Waals surface area contributed by atoms with E-state index in [4.69, 9.17) is 5.73 Å². The average Bonchev–Trinajstić information content (AvgIpc) is 3.56. The number of carbonyl (C=O) groups is 2. The molecule has 8 nitrogen and oxygen atoms in total. The highest BCUT2D eigenvalue weighted by Crippen LogP contribution is 2.40. The molecule has 0 unspecified atom stereocenters. The van der Waals surface area contributed by atoms with Crippen LogP contribution in [0.2, 0.25) is 0 Å². The van der Waals surface area contributed by atoms with Crippen molar-refractivity contribution in [3.8, 4) is 11.1 Å². The Morgan fingerprint density at radius 1 is 0.976 bits per heavy atom. The number of benzene rings is 4. The fourth-order valence-corrected chi connectivity index (χ4v) is 5.98. The standard InChI is InChI=1S/C33H28N6O2/c1-18-8-10-24-27(15-18)35-17-36-33(24)38-26-6-3-5-21(19(26)2)22-12-13-25(32(34)41)31-30(22)23-11-9-20(16-28(23)37-31)39-14-4-7-29(39)40/h3,5-6,8-13,15-17,37H,4,7,14H2,1-2H3,(H2,34,41)(H,35,36,38). The molecule has 2 aromatic heterocycles. The maximum Gasteiger partial charge on any atom is 0.250 e. The van der Waals surface area contributed by atoms with E-state index in [1.807, 2.05) is 60.4 Å². The van der Waals surface area contributed by atoms with Crippen LogP contribution >= 0.6 is 0 Å². The maximum atomic E-state index is 12.4. The Morgan fingerprint density at radius 2 is 1.83 bits per heavy atom. The number of amides is 2. The molecule has 8 heteroatoms. The second kappa shape index (κ2) is 9.45. The minimum atomic E-state index is -0.499. The Hall–Kier alpha value is -5.24. The smallest absolute Gasteiger partial charge is 0.250 e. The molecule has 3 heterocycles. The highest BCUT2D eigenvalue weighted by molar-refractivity contribution is 6.20. The number of H-pyrrole nitrogens is 1. The number of aromatic amines is 1. The van der Waals surface area contributed by atoms with Crippen molar-refractivity contribution < 1.29 is 9.59 Å². The second-order valence-corrected chi connectivity index (χ2v) is 10.6. The van der Waals surface area contributed by atoms with Gasteiger partial charge in [0.15, 0.2) is 0 Å². The third-order valence-electron chi connectivity index (χ3n) is 8.06. The second-order valence-electron chi connectivity index (χ2n) is 10.6. The van der Waals surface area contributed by atoms with Crippen LogP contribution in [-0.4, -0.2) is 33.3 Å². The van der Waals surface area contributed by atoms with E-state index in [0.717, 1.165) is 73.1 Å². The summed E-state index contributed by atoms with van der Waals surface area (Å²) in [5.74, 6) is 0.368. The molecule has 1 fully saturated rings. The summed E-state index contributed by atoms with van der Waals surface area (Å²) in [5, 5.41) is 6.35. The minimum Gasteiger partial charge on any atom is -0.366 e. The van der Waals surface area contributed by atoms with Crippen LogP contribution in [0.3, 0.4) is 0 Å². The number of nitrogens with zero attached hydrogens (tertiary/aromatic N) is 3. The lowest BCUT2D eigenvalue weighted by atomic mass is 9.93. The van der Waals surface area contributed by atoms with Gasteiger partial charge in [-0.3, -0.25) is 9.59 Å². The Kier molecular flexibility index (Phi) is 5.71. The monoisotopic (exact) mass is 540 g/mol. The Labute approximate surface area is 236 Å². The number of fused-ring (bicyclic) bond motifs is 4. The lowest BCUT2D eigenvalue weighted by molar-refractivity contribution is -0.117. The van der Waals surface area contributed by atoms with E-state index in [1.54, 1.807) is 12.4 Å². The zero-order valence-corrected chi connectivity index (χ0v) is 22.8. The number of hydrogen-bond donors (Lipinski definition) is 3. The number of rotatable bonds is 5. The molecule has 41 heavy (non-hydrogen) atoms. The van der Waals surface area contributed by atoms with Gasteiger partial charge in [-0.05, 0) is 78.9 Å². The van der Waals surface area contributed by atoms with Crippen molar-refractivity contribution >= 4 is 61.7 Å². The molecule has 0 spiro atoms. The van der Waals surface area contributed by atoms with Crippen molar-refractivity contribution in [1.82, 2.24) is 15.0 Å². The van der Waals surface area contributed by atoms with Crippen LogP contribution in [0.4, 0.5) is 17.2 Å². The van der Waals surface area contributed by atoms with Crippen molar-refractivity contribution in [2.45, 2.75) is 26.7 Å². The quantitative estimate of drug-likeness (QED) is 0.230. The van der Waals surface area contributed by atoms with Gasteiger partial charge >= 0.3 is 0 Å². The van der Waals surface area contributed by atoms with Crippen LogP contribution in [0.25, 0.3) is 43.8 Å². The zero-order valence-electron chi connectivity index (χ0n) is 22.8. The van der Waals surface area contributed by atoms with Gasteiger partial charge in [0.05, 0.1) is 16.6 Å². The van der Waals surface area contributed by atoms with Crippen LogP contribution in [0.1, 0.15) is 34.3 Å².